The molecule has 3 aromatic carbocycles. The predicted molar refractivity (Wildman–Crippen MR) is 152 cm³/mol. The molecule has 0 saturated heterocycles. The monoisotopic (exact) mass is 575 g/mol. The molecular formula is C28H31Cl2N3O4S. The van der Waals surface area contributed by atoms with Crippen LogP contribution in [-0.4, -0.2) is 44.3 Å². The van der Waals surface area contributed by atoms with Crippen LogP contribution in [0.4, 0.5) is 5.69 Å². The summed E-state index contributed by atoms with van der Waals surface area (Å²) in [7, 11) is -4.14. The Morgan fingerprint density at radius 3 is 2.18 bits per heavy atom. The third-order valence-corrected chi connectivity index (χ3v) is 8.50. The van der Waals surface area contributed by atoms with Gasteiger partial charge in [0.2, 0.25) is 11.8 Å². The largest absolute Gasteiger partial charge is 0.355 e. The molecule has 10 heteroatoms. The van der Waals surface area contributed by atoms with Gasteiger partial charge in [0, 0.05) is 23.1 Å². The van der Waals surface area contributed by atoms with Crippen LogP contribution in [0.2, 0.25) is 10.0 Å². The molecule has 0 aromatic heterocycles. The second kappa shape index (κ2) is 13.1. The lowest BCUT2D eigenvalue weighted by Gasteiger charge is -2.33. The van der Waals surface area contributed by atoms with Crippen LogP contribution >= 0.6 is 23.2 Å². The standard InChI is InChI=1S/C28H31Cl2N3O4S/c1-4-26(28(35)31-5-2)32(18-21-12-14-22(29)15-13-21)27(34)19-33(23-16-11-20(3)25(30)17-23)38(36,37)24-9-7-6-8-10-24/h6-17,26H,4-5,18-19H2,1-3H3,(H,31,35). The molecule has 7 nitrogen and oxygen atoms in total. The molecule has 0 fully saturated rings. The van der Waals surface area contributed by atoms with Crippen molar-refractivity contribution in [3.63, 3.8) is 0 Å². The van der Waals surface area contributed by atoms with Gasteiger partial charge in [-0.25, -0.2) is 8.42 Å². The molecule has 0 aliphatic carbocycles. The number of benzene rings is 3. The average Bonchev–Trinajstić information content (AvgIpc) is 2.90. The number of carbonyl (C=O) groups excluding carboxylic acids is 2. The molecule has 0 spiro atoms. The maximum atomic E-state index is 13.9. The first-order valence-corrected chi connectivity index (χ1v) is 14.4. The Bertz CT molecular complexity index is 1370. The fourth-order valence-electron chi connectivity index (χ4n) is 3.98. The van der Waals surface area contributed by atoms with E-state index in [1.54, 1.807) is 75.4 Å². The molecule has 0 radical (unpaired) electrons. The first-order valence-electron chi connectivity index (χ1n) is 12.2. The highest BCUT2D eigenvalue weighted by Gasteiger charge is 2.33. The first kappa shape index (κ1) is 29.5. The molecular weight excluding hydrogens is 545 g/mol. The van der Waals surface area contributed by atoms with Crippen molar-refractivity contribution in [1.29, 1.82) is 0 Å². The molecule has 3 rings (SSSR count). The summed E-state index contributed by atoms with van der Waals surface area (Å²) in [6.45, 7) is 5.37. The Labute approximate surface area is 234 Å². The summed E-state index contributed by atoms with van der Waals surface area (Å²) in [5, 5.41) is 3.69. The van der Waals surface area contributed by atoms with Crippen molar-refractivity contribution in [2.24, 2.45) is 0 Å². The van der Waals surface area contributed by atoms with Crippen LogP contribution in [0.25, 0.3) is 0 Å². The number of amides is 2. The highest BCUT2D eigenvalue weighted by molar-refractivity contribution is 7.92. The van der Waals surface area contributed by atoms with Gasteiger partial charge in [-0.1, -0.05) is 66.5 Å². The van der Waals surface area contributed by atoms with Gasteiger partial charge in [0.05, 0.1) is 10.6 Å². The number of rotatable bonds is 11. The summed E-state index contributed by atoms with van der Waals surface area (Å²) in [6.07, 6.45) is 0.340. The Morgan fingerprint density at radius 1 is 0.947 bits per heavy atom. The lowest BCUT2D eigenvalue weighted by Crippen LogP contribution is -2.52. The van der Waals surface area contributed by atoms with Crippen LogP contribution < -0.4 is 9.62 Å². The van der Waals surface area contributed by atoms with Gasteiger partial charge in [-0.2, -0.15) is 0 Å². The van der Waals surface area contributed by atoms with Gasteiger partial charge >= 0.3 is 0 Å². The van der Waals surface area contributed by atoms with Gasteiger partial charge in [-0.3, -0.25) is 13.9 Å². The molecule has 0 aliphatic heterocycles. The van der Waals surface area contributed by atoms with E-state index < -0.39 is 28.5 Å². The van der Waals surface area contributed by atoms with Crippen LogP contribution in [0.5, 0.6) is 0 Å². The van der Waals surface area contributed by atoms with Crippen molar-refractivity contribution in [3.8, 4) is 0 Å². The Balaban J connectivity index is 2.06. The van der Waals surface area contributed by atoms with Crippen LogP contribution in [-0.2, 0) is 26.2 Å². The number of aryl methyl sites for hydroxylation is 1. The predicted octanol–water partition coefficient (Wildman–Crippen LogP) is 5.44. The van der Waals surface area contributed by atoms with Gasteiger partial charge in [0.25, 0.3) is 10.0 Å². The molecule has 2 amide bonds. The van der Waals surface area contributed by atoms with Crippen molar-refractivity contribution >= 4 is 50.7 Å². The van der Waals surface area contributed by atoms with E-state index in [1.807, 2.05) is 0 Å². The van der Waals surface area contributed by atoms with Crippen LogP contribution in [0.15, 0.2) is 77.7 Å². The smallest absolute Gasteiger partial charge is 0.264 e. The Morgan fingerprint density at radius 2 is 1.61 bits per heavy atom. The number of halogens is 2. The van der Waals surface area contributed by atoms with E-state index in [0.29, 0.717) is 23.0 Å². The number of hydrogen-bond donors (Lipinski definition) is 1. The fraction of sp³-hybridized carbons (Fsp3) is 0.286. The van der Waals surface area contributed by atoms with E-state index in [0.717, 1.165) is 15.4 Å². The molecule has 202 valence electrons. The zero-order valence-electron chi connectivity index (χ0n) is 21.5. The van der Waals surface area contributed by atoms with E-state index in [9.17, 15) is 18.0 Å². The third-order valence-electron chi connectivity index (χ3n) is 6.06. The zero-order valence-corrected chi connectivity index (χ0v) is 23.9. The fourth-order valence-corrected chi connectivity index (χ4v) is 5.71. The summed E-state index contributed by atoms with van der Waals surface area (Å²) in [6, 6.07) is 18.9. The number of nitrogens with one attached hydrogen (secondary N) is 1. The first-order chi connectivity index (χ1) is 18.1. The van der Waals surface area contributed by atoms with Crippen molar-refractivity contribution in [2.45, 2.75) is 44.7 Å². The van der Waals surface area contributed by atoms with E-state index in [-0.39, 0.29) is 23.0 Å². The number of anilines is 1. The number of carbonyl (C=O) groups is 2. The SMILES string of the molecule is CCNC(=O)C(CC)N(Cc1ccc(Cl)cc1)C(=O)CN(c1ccc(C)c(Cl)c1)S(=O)(=O)c1ccccc1. The Hall–Kier alpha value is -3.07. The summed E-state index contributed by atoms with van der Waals surface area (Å²) >= 11 is 12.4. The summed E-state index contributed by atoms with van der Waals surface area (Å²) in [4.78, 5) is 28.3. The van der Waals surface area contributed by atoms with Gasteiger partial charge in [-0.15, -0.1) is 0 Å². The minimum absolute atomic E-state index is 0.0320. The highest BCUT2D eigenvalue weighted by atomic mass is 35.5. The van der Waals surface area contributed by atoms with Crippen molar-refractivity contribution in [2.75, 3.05) is 17.4 Å². The Kier molecular flexibility index (Phi) is 10.2. The molecule has 1 N–H and O–H groups in total. The number of hydrogen-bond acceptors (Lipinski definition) is 4. The van der Waals surface area contributed by atoms with E-state index >= 15 is 0 Å². The minimum Gasteiger partial charge on any atom is -0.355 e. The molecule has 38 heavy (non-hydrogen) atoms. The van der Waals surface area contributed by atoms with Crippen molar-refractivity contribution in [1.82, 2.24) is 10.2 Å². The zero-order chi connectivity index (χ0) is 27.9. The topological polar surface area (TPSA) is 86.8 Å². The number of nitrogens with zero attached hydrogens (tertiary/aromatic N) is 2. The molecule has 0 bridgehead atoms. The van der Waals surface area contributed by atoms with Gasteiger partial charge in [0.1, 0.15) is 12.6 Å². The van der Waals surface area contributed by atoms with E-state index in [1.165, 1.54) is 23.1 Å². The molecule has 1 unspecified atom stereocenters. The quantitative estimate of drug-likeness (QED) is 0.330. The molecule has 0 aliphatic rings. The molecule has 3 aromatic rings. The second-order valence-corrected chi connectivity index (χ2v) is 11.4. The van der Waals surface area contributed by atoms with Gasteiger partial charge < -0.3 is 10.2 Å². The molecule has 0 heterocycles. The van der Waals surface area contributed by atoms with Crippen LogP contribution in [0, 0.1) is 6.92 Å². The van der Waals surface area contributed by atoms with Crippen LogP contribution in [0.1, 0.15) is 31.4 Å². The maximum Gasteiger partial charge on any atom is 0.264 e. The summed E-state index contributed by atoms with van der Waals surface area (Å²) < 4.78 is 28.6. The van der Waals surface area contributed by atoms with E-state index in [4.69, 9.17) is 23.2 Å². The lowest BCUT2D eigenvalue weighted by atomic mass is 10.1. The summed E-state index contributed by atoms with van der Waals surface area (Å²) in [5.41, 5.74) is 1.77. The molecule has 1 atom stereocenters. The number of likely N-dealkylation sites (N-methyl/N-ethyl adjacent to an activating group) is 1. The van der Waals surface area contributed by atoms with Crippen molar-refractivity contribution < 1.29 is 18.0 Å². The maximum absolute atomic E-state index is 13.9. The van der Waals surface area contributed by atoms with Gasteiger partial charge in [0.15, 0.2) is 0 Å². The lowest BCUT2D eigenvalue weighted by molar-refractivity contribution is -0.140. The third kappa shape index (κ3) is 7.07. The van der Waals surface area contributed by atoms with Gasteiger partial charge in [-0.05, 0) is 67.8 Å². The second-order valence-electron chi connectivity index (χ2n) is 8.72. The molecule has 0 saturated carbocycles. The summed E-state index contributed by atoms with van der Waals surface area (Å²) in [5.74, 6) is -0.845. The highest BCUT2D eigenvalue weighted by Crippen LogP contribution is 2.28. The number of sulfonamides is 1. The average molecular weight is 577 g/mol. The van der Waals surface area contributed by atoms with Crippen LogP contribution in [0.3, 0.4) is 0 Å². The van der Waals surface area contributed by atoms with Crippen molar-refractivity contribution in [3.05, 3.63) is 94.0 Å². The normalized spacial score (nSPS) is 12.0. The minimum atomic E-state index is -4.14. The van der Waals surface area contributed by atoms with E-state index in [2.05, 4.69) is 5.32 Å².